The predicted molar refractivity (Wildman–Crippen MR) is 117 cm³/mol. The predicted octanol–water partition coefficient (Wildman–Crippen LogP) is 2.78. The van der Waals surface area contributed by atoms with Crippen molar-refractivity contribution in [3.8, 4) is 0 Å². The molecule has 3 unspecified atom stereocenters. The highest BCUT2D eigenvalue weighted by molar-refractivity contribution is 7.89. The second-order valence-corrected chi connectivity index (χ2v) is 9.94. The number of halogens is 1. The average Bonchev–Trinajstić information content (AvgIpc) is 3.40. The number of aryl methyl sites for hydroxylation is 1. The maximum atomic E-state index is 13.2. The Bertz CT molecular complexity index is 1300. The first-order valence-electron chi connectivity index (χ1n) is 10.2. The van der Waals surface area contributed by atoms with Gasteiger partial charge in [-0.15, -0.1) is 5.10 Å². The van der Waals surface area contributed by atoms with Crippen LogP contribution in [0.25, 0.3) is 0 Å². The number of aromatic amines is 1. The number of pyridine rings is 1. The van der Waals surface area contributed by atoms with Crippen LogP contribution in [0.15, 0.2) is 44.6 Å². The minimum Gasteiger partial charge on any atom is -0.391 e. The topological polar surface area (TPSA) is 138 Å². The van der Waals surface area contributed by atoms with Crippen molar-refractivity contribution < 1.29 is 17.9 Å². The molecule has 0 amide bonds. The molecule has 0 radical (unpaired) electrons. The summed E-state index contributed by atoms with van der Waals surface area (Å²) in [5.41, 5.74) is 3.43. The van der Waals surface area contributed by atoms with Gasteiger partial charge in [0.2, 0.25) is 5.89 Å². The number of nitrogens with one attached hydrogen (secondary N) is 2. The Morgan fingerprint density at radius 2 is 2.00 bits per heavy atom. The Morgan fingerprint density at radius 3 is 2.69 bits per heavy atom. The Morgan fingerprint density at radius 1 is 1.22 bits per heavy atom. The lowest BCUT2D eigenvalue weighted by Gasteiger charge is -2.24. The average molecular weight is 479 g/mol. The number of fused-ring (bicyclic) bond motifs is 1. The Hall–Kier alpha value is -2.53. The van der Waals surface area contributed by atoms with Gasteiger partial charge in [0.15, 0.2) is 5.03 Å². The largest absolute Gasteiger partial charge is 0.434 e. The highest BCUT2D eigenvalue weighted by Gasteiger charge is 2.33. The third-order valence-electron chi connectivity index (χ3n) is 5.69. The van der Waals surface area contributed by atoms with Crippen molar-refractivity contribution in [2.45, 2.75) is 56.2 Å². The molecule has 1 aliphatic carbocycles. The number of hydrogen-bond acceptors (Lipinski definition) is 7. The van der Waals surface area contributed by atoms with Crippen molar-refractivity contribution in [2.24, 2.45) is 0 Å². The molecule has 3 aromatic rings. The third kappa shape index (κ3) is 4.36. The van der Waals surface area contributed by atoms with Gasteiger partial charge in [0.05, 0.1) is 16.8 Å². The summed E-state index contributed by atoms with van der Waals surface area (Å²) in [4.78, 5) is 15.6. The third-order valence-corrected chi connectivity index (χ3v) is 7.36. The second-order valence-electron chi connectivity index (χ2n) is 7.87. The fourth-order valence-electron chi connectivity index (χ4n) is 4.11. The van der Waals surface area contributed by atoms with E-state index in [-0.39, 0.29) is 21.6 Å². The molecular weight excluding hydrogens is 456 g/mol. The van der Waals surface area contributed by atoms with Crippen molar-refractivity contribution in [1.29, 1.82) is 0 Å². The first kappa shape index (κ1) is 22.7. The van der Waals surface area contributed by atoms with Gasteiger partial charge < -0.3 is 9.52 Å². The van der Waals surface area contributed by atoms with E-state index in [1.807, 2.05) is 19.1 Å². The number of aromatic nitrogens is 3. The van der Waals surface area contributed by atoms with Gasteiger partial charge in [-0.2, -0.15) is 4.72 Å². The Balaban J connectivity index is 1.75. The summed E-state index contributed by atoms with van der Waals surface area (Å²) < 4.78 is 34.2. The molecule has 2 aromatic heterocycles. The van der Waals surface area contributed by atoms with Crippen LogP contribution in [0.5, 0.6) is 0 Å². The molecule has 32 heavy (non-hydrogen) atoms. The standard InChI is InChI=1S/C21H23ClN4O5S/c1-11(14-7-3-5-13-6-4-8-15(13)14)18(20-24-25-21(28)31-20)26-32(29,30)17-10-9-16(22)19(23-17)12(2)27/h3,5,7,9-12,18,26-27H,4,6,8H2,1-2H3,(H,25,28). The number of aliphatic hydroxyl groups is 1. The van der Waals surface area contributed by atoms with Gasteiger partial charge in [-0.3, -0.25) is 0 Å². The fraction of sp³-hybridized carbons (Fsp3) is 0.381. The zero-order chi connectivity index (χ0) is 23.0. The molecule has 9 nitrogen and oxygen atoms in total. The molecule has 0 aliphatic heterocycles. The van der Waals surface area contributed by atoms with E-state index in [2.05, 4.69) is 26.0 Å². The first-order valence-corrected chi connectivity index (χ1v) is 12.1. The molecule has 0 fully saturated rings. The van der Waals surface area contributed by atoms with E-state index in [1.54, 1.807) is 0 Å². The van der Waals surface area contributed by atoms with Crippen LogP contribution in [-0.2, 0) is 22.9 Å². The lowest BCUT2D eigenvalue weighted by atomic mass is 9.88. The molecule has 3 atom stereocenters. The van der Waals surface area contributed by atoms with Crippen molar-refractivity contribution in [3.05, 3.63) is 74.2 Å². The number of aliphatic hydroxyl groups excluding tert-OH is 1. The van der Waals surface area contributed by atoms with Crippen LogP contribution in [0.3, 0.4) is 0 Å². The molecule has 11 heteroatoms. The summed E-state index contributed by atoms with van der Waals surface area (Å²) in [7, 11) is -4.19. The zero-order valence-electron chi connectivity index (χ0n) is 17.5. The van der Waals surface area contributed by atoms with Crippen molar-refractivity contribution in [2.75, 3.05) is 0 Å². The molecular formula is C21H23ClN4O5S. The summed E-state index contributed by atoms with van der Waals surface area (Å²) in [6, 6.07) is 7.60. The van der Waals surface area contributed by atoms with Gasteiger partial charge in [-0.05, 0) is 55.0 Å². The van der Waals surface area contributed by atoms with Crippen LogP contribution in [0.2, 0.25) is 5.02 Å². The monoisotopic (exact) mass is 478 g/mol. The zero-order valence-corrected chi connectivity index (χ0v) is 19.1. The van der Waals surface area contributed by atoms with Gasteiger partial charge in [0, 0.05) is 5.92 Å². The van der Waals surface area contributed by atoms with Gasteiger partial charge in [-0.25, -0.2) is 23.3 Å². The lowest BCUT2D eigenvalue weighted by molar-refractivity contribution is 0.193. The van der Waals surface area contributed by atoms with Crippen LogP contribution in [0, 0.1) is 0 Å². The molecule has 0 spiro atoms. The van der Waals surface area contributed by atoms with Crippen molar-refractivity contribution >= 4 is 21.6 Å². The smallest absolute Gasteiger partial charge is 0.391 e. The van der Waals surface area contributed by atoms with Gasteiger partial charge >= 0.3 is 5.76 Å². The van der Waals surface area contributed by atoms with E-state index >= 15 is 0 Å². The van der Waals surface area contributed by atoms with Crippen molar-refractivity contribution in [1.82, 2.24) is 19.9 Å². The number of rotatable bonds is 7. The summed E-state index contributed by atoms with van der Waals surface area (Å²) in [6.07, 6.45) is 1.85. The van der Waals surface area contributed by atoms with Crippen LogP contribution in [-0.4, -0.2) is 28.7 Å². The summed E-state index contributed by atoms with van der Waals surface area (Å²) in [5.74, 6) is -1.25. The first-order chi connectivity index (χ1) is 15.2. The molecule has 4 rings (SSSR count). The Labute approximate surface area is 189 Å². The molecule has 170 valence electrons. The SMILES string of the molecule is CC(O)c1nc(S(=O)(=O)NC(c2n[nH]c(=O)o2)C(C)c2cccc3c2CCC3)ccc1Cl. The van der Waals surface area contributed by atoms with E-state index in [0.717, 1.165) is 24.8 Å². The summed E-state index contributed by atoms with van der Waals surface area (Å²) >= 11 is 6.03. The Kier molecular flexibility index (Phi) is 6.22. The van der Waals surface area contributed by atoms with Gasteiger partial charge in [-0.1, -0.05) is 36.7 Å². The number of H-pyrrole nitrogens is 1. The van der Waals surface area contributed by atoms with E-state index in [4.69, 9.17) is 16.0 Å². The van der Waals surface area contributed by atoms with E-state index in [1.165, 1.54) is 30.2 Å². The quantitative estimate of drug-likeness (QED) is 0.474. The van der Waals surface area contributed by atoms with E-state index in [0.29, 0.717) is 0 Å². The molecule has 0 bridgehead atoms. The molecule has 3 N–H and O–H groups in total. The summed E-state index contributed by atoms with van der Waals surface area (Å²) in [5, 5.41) is 15.8. The fourth-order valence-corrected chi connectivity index (χ4v) is 5.59. The minimum absolute atomic E-state index is 0.0475. The molecule has 1 aromatic carbocycles. The van der Waals surface area contributed by atoms with Crippen LogP contribution < -0.4 is 10.5 Å². The normalized spacial score (nSPS) is 16.5. The van der Waals surface area contributed by atoms with Gasteiger partial charge in [0.25, 0.3) is 10.0 Å². The molecule has 1 aliphatic rings. The number of hydrogen-bond donors (Lipinski definition) is 3. The van der Waals surface area contributed by atoms with Gasteiger partial charge in [0.1, 0.15) is 6.04 Å². The minimum atomic E-state index is -4.19. The number of sulfonamides is 1. The summed E-state index contributed by atoms with van der Waals surface area (Å²) in [6.45, 7) is 3.30. The maximum Gasteiger partial charge on any atom is 0.434 e. The highest BCUT2D eigenvalue weighted by Crippen LogP contribution is 2.36. The lowest BCUT2D eigenvalue weighted by Crippen LogP contribution is -2.33. The molecule has 2 heterocycles. The van der Waals surface area contributed by atoms with E-state index in [9.17, 15) is 18.3 Å². The number of benzene rings is 1. The van der Waals surface area contributed by atoms with Crippen LogP contribution in [0.1, 0.15) is 66.6 Å². The molecule has 0 saturated heterocycles. The van der Waals surface area contributed by atoms with Crippen LogP contribution >= 0.6 is 11.6 Å². The van der Waals surface area contributed by atoms with Crippen LogP contribution in [0.4, 0.5) is 0 Å². The molecule has 0 saturated carbocycles. The number of nitrogens with zero attached hydrogens (tertiary/aromatic N) is 2. The van der Waals surface area contributed by atoms with E-state index < -0.39 is 33.8 Å². The maximum absolute atomic E-state index is 13.2. The highest BCUT2D eigenvalue weighted by atomic mass is 35.5. The second kappa shape index (κ2) is 8.78. The van der Waals surface area contributed by atoms with Crippen molar-refractivity contribution in [3.63, 3.8) is 0 Å².